The topological polar surface area (TPSA) is 119 Å². The summed E-state index contributed by atoms with van der Waals surface area (Å²) in [5.41, 5.74) is 1.57. The maximum atomic E-state index is 13.2. The Bertz CT molecular complexity index is 1180. The first-order valence-electron chi connectivity index (χ1n) is 10.9. The number of hydrogen-bond acceptors (Lipinski definition) is 7. The molecular weight excluding hydrogens is 442 g/mol. The number of fused-ring (bicyclic) bond motifs is 1. The van der Waals surface area contributed by atoms with Crippen LogP contribution in [0.5, 0.6) is 0 Å². The van der Waals surface area contributed by atoms with Crippen molar-refractivity contribution in [1.82, 2.24) is 9.80 Å². The van der Waals surface area contributed by atoms with Gasteiger partial charge in [-0.05, 0) is 36.1 Å². The van der Waals surface area contributed by atoms with Crippen LogP contribution in [0.3, 0.4) is 0 Å². The summed E-state index contributed by atoms with van der Waals surface area (Å²) >= 11 is 0. The highest BCUT2D eigenvalue weighted by atomic mass is 16.6. The van der Waals surface area contributed by atoms with Gasteiger partial charge in [-0.15, -0.1) is 0 Å². The fourth-order valence-corrected chi connectivity index (χ4v) is 4.70. The standard InChI is InChI=1S/C24H21N3O7/c28-22-21(26-20(14-34-24(26)30)16-5-2-1-3-6-16)18-7-4-8-19(25(18)22)23(29)33-13-15-9-11-17(12-10-15)27(31)32/h1-3,5-6,8-12,18,20-21H,4,7,13-14H2. The number of nitrogens with zero attached hydrogens (tertiary/aromatic N) is 3. The van der Waals surface area contributed by atoms with Gasteiger partial charge < -0.3 is 9.47 Å². The second-order valence-electron chi connectivity index (χ2n) is 8.30. The van der Waals surface area contributed by atoms with E-state index in [1.165, 1.54) is 34.1 Å². The Morgan fingerprint density at radius 3 is 2.56 bits per heavy atom. The van der Waals surface area contributed by atoms with Crippen molar-refractivity contribution in [1.29, 1.82) is 0 Å². The number of non-ortho nitro benzene ring substituents is 1. The molecule has 2 aromatic carbocycles. The van der Waals surface area contributed by atoms with Crippen molar-refractivity contribution < 1.29 is 28.8 Å². The molecule has 2 fully saturated rings. The lowest BCUT2D eigenvalue weighted by Gasteiger charge is -2.52. The van der Waals surface area contributed by atoms with Crippen LogP contribution in [0.1, 0.15) is 30.0 Å². The number of carbonyl (C=O) groups is 3. The average molecular weight is 463 g/mol. The normalized spacial score (nSPS) is 23.5. The van der Waals surface area contributed by atoms with Crippen LogP contribution in [0.2, 0.25) is 0 Å². The number of carbonyl (C=O) groups excluding carboxylic acids is 3. The van der Waals surface area contributed by atoms with Gasteiger partial charge in [-0.2, -0.15) is 0 Å². The molecule has 2 aromatic rings. The van der Waals surface area contributed by atoms with Crippen LogP contribution in [0.25, 0.3) is 0 Å². The van der Waals surface area contributed by atoms with Crippen LogP contribution in [0.15, 0.2) is 66.4 Å². The van der Waals surface area contributed by atoms with E-state index >= 15 is 0 Å². The Balaban J connectivity index is 1.28. The van der Waals surface area contributed by atoms with Gasteiger partial charge >= 0.3 is 12.1 Å². The fraction of sp³-hybridized carbons (Fsp3) is 0.292. The summed E-state index contributed by atoms with van der Waals surface area (Å²) in [5.74, 6) is -0.999. The molecule has 5 rings (SSSR count). The largest absolute Gasteiger partial charge is 0.456 e. The number of rotatable bonds is 6. The van der Waals surface area contributed by atoms with Gasteiger partial charge in [0.05, 0.1) is 17.0 Å². The monoisotopic (exact) mass is 463 g/mol. The van der Waals surface area contributed by atoms with Gasteiger partial charge in [0.15, 0.2) is 0 Å². The highest BCUT2D eigenvalue weighted by Crippen LogP contribution is 2.41. The molecule has 0 aromatic heterocycles. The molecule has 0 radical (unpaired) electrons. The lowest BCUT2D eigenvalue weighted by Crippen LogP contribution is -2.71. The predicted molar refractivity (Wildman–Crippen MR) is 117 cm³/mol. The third-order valence-corrected chi connectivity index (χ3v) is 6.37. The van der Waals surface area contributed by atoms with Crippen LogP contribution in [0.4, 0.5) is 10.5 Å². The lowest BCUT2D eigenvalue weighted by molar-refractivity contribution is -0.384. The van der Waals surface area contributed by atoms with E-state index in [1.54, 1.807) is 6.08 Å². The summed E-state index contributed by atoms with van der Waals surface area (Å²) in [7, 11) is 0. The van der Waals surface area contributed by atoms with E-state index in [2.05, 4.69) is 0 Å². The van der Waals surface area contributed by atoms with Crippen molar-refractivity contribution in [3.8, 4) is 0 Å². The summed E-state index contributed by atoms with van der Waals surface area (Å²) in [4.78, 5) is 51.6. The van der Waals surface area contributed by atoms with Gasteiger partial charge in [0.2, 0.25) is 0 Å². The number of esters is 1. The zero-order valence-corrected chi connectivity index (χ0v) is 18.0. The summed E-state index contributed by atoms with van der Waals surface area (Å²) in [6.45, 7) is 0.0815. The van der Waals surface area contributed by atoms with Crippen molar-refractivity contribution in [2.75, 3.05) is 6.61 Å². The number of amides is 2. The zero-order valence-electron chi connectivity index (χ0n) is 18.0. The maximum absolute atomic E-state index is 13.2. The van der Waals surface area contributed by atoms with Crippen molar-refractivity contribution in [2.24, 2.45) is 0 Å². The van der Waals surface area contributed by atoms with E-state index in [-0.39, 0.29) is 42.6 Å². The summed E-state index contributed by atoms with van der Waals surface area (Å²) in [6.07, 6.45) is 2.30. The average Bonchev–Trinajstić information content (AvgIpc) is 3.23. The van der Waals surface area contributed by atoms with Crippen molar-refractivity contribution in [3.63, 3.8) is 0 Å². The second-order valence-corrected chi connectivity index (χ2v) is 8.30. The Labute approximate surface area is 194 Å². The third-order valence-electron chi connectivity index (χ3n) is 6.37. The predicted octanol–water partition coefficient (Wildman–Crippen LogP) is 3.09. The molecule has 2 saturated heterocycles. The highest BCUT2D eigenvalue weighted by Gasteiger charge is 2.58. The second kappa shape index (κ2) is 8.62. The zero-order chi connectivity index (χ0) is 23.8. The smallest absolute Gasteiger partial charge is 0.411 e. The van der Waals surface area contributed by atoms with E-state index < -0.39 is 23.0 Å². The van der Waals surface area contributed by atoms with Crippen LogP contribution in [0, 0.1) is 10.1 Å². The van der Waals surface area contributed by atoms with Crippen molar-refractivity contribution >= 4 is 23.7 Å². The number of allylic oxidation sites excluding steroid dienone is 1. The minimum absolute atomic E-state index is 0.0561. The third kappa shape index (κ3) is 3.66. The molecule has 10 heteroatoms. The number of β-lactam (4-membered cyclic amide) rings is 1. The van der Waals surface area contributed by atoms with E-state index in [1.807, 2.05) is 30.3 Å². The molecule has 3 heterocycles. The van der Waals surface area contributed by atoms with Crippen LogP contribution < -0.4 is 0 Å². The maximum Gasteiger partial charge on any atom is 0.411 e. The SMILES string of the molecule is O=C(OCc1ccc([N+](=O)[O-])cc1)C1=CCCC2C(N3C(=O)OCC3c3ccccc3)C(=O)N12. The molecule has 34 heavy (non-hydrogen) atoms. The molecule has 0 saturated carbocycles. The van der Waals surface area contributed by atoms with Crippen molar-refractivity contribution in [3.05, 3.63) is 87.6 Å². The Morgan fingerprint density at radius 2 is 1.85 bits per heavy atom. The van der Waals surface area contributed by atoms with Crippen LogP contribution >= 0.6 is 0 Å². The number of hydrogen-bond donors (Lipinski definition) is 0. The Kier molecular flexibility index (Phi) is 5.48. The van der Waals surface area contributed by atoms with Crippen LogP contribution in [-0.4, -0.2) is 51.4 Å². The molecule has 3 unspecified atom stereocenters. The molecule has 2 amide bonds. The minimum Gasteiger partial charge on any atom is -0.456 e. The molecule has 0 bridgehead atoms. The van der Waals surface area contributed by atoms with E-state index in [0.717, 1.165) is 5.56 Å². The Hall–Kier alpha value is -4.21. The lowest BCUT2D eigenvalue weighted by atomic mass is 9.84. The molecule has 3 atom stereocenters. The number of benzene rings is 2. The summed E-state index contributed by atoms with van der Waals surface area (Å²) < 4.78 is 10.6. The first-order chi connectivity index (χ1) is 16.5. The fourth-order valence-electron chi connectivity index (χ4n) is 4.70. The first kappa shape index (κ1) is 21.6. The first-order valence-corrected chi connectivity index (χ1v) is 10.9. The van der Waals surface area contributed by atoms with E-state index in [9.17, 15) is 24.5 Å². The van der Waals surface area contributed by atoms with Gasteiger partial charge in [0, 0.05) is 12.1 Å². The molecule has 0 spiro atoms. The minimum atomic E-state index is -0.702. The van der Waals surface area contributed by atoms with Crippen molar-refractivity contribution in [2.45, 2.75) is 37.6 Å². The molecular formula is C24H21N3O7. The van der Waals surface area contributed by atoms with Crippen LogP contribution in [-0.2, 0) is 25.7 Å². The molecule has 10 nitrogen and oxygen atoms in total. The molecule has 3 aliphatic heterocycles. The summed E-state index contributed by atoms with van der Waals surface area (Å²) in [5, 5.41) is 10.8. The van der Waals surface area contributed by atoms with Gasteiger partial charge in [-0.3, -0.25) is 24.7 Å². The van der Waals surface area contributed by atoms with E-state index in [0.29, 0.717) is 18.4 Å². The summed E-state index contributed by atoms with van der Waals surface area (Å²) in [6, 6.07) is 13.7. The van der Waals surface area contributed by atoms with Gasteiger partial charge in [0.25, 0.3) is 11.6 Å². The Morgan fingerprint density at radius 1 is 1.12 bits per heavy atom. The molecule has 174 valence electrons. The number of ether oxygens (including phenoxy) is 2. The number of cyclic esters (lactones) is 1. The van der Waals surface area contributed by atoms with Gasteiger partial charge in [0.1, 0.15) is 25.0 Å². The number of nitro benzene ring substituents is 1. The number of nitro groups is 1. The highest BCUT2D eigenvalue weighted by molar-refractivity contribution is 6.01. The van der Waals surface area contributed by atoms with Gasteiger partial charge in [-0.1, -0.05) is 36.4 Å². The van der Waals surface area contributed by atoms with E-state index in [4.69, 9.17) is 9.47 Å². The van der Waals surface area contributed by atoms with Gasteiger partial charge in [-0.25, -0.2) is 9.59 Å². The molecule has 3 aliphatic rings. The molecule has 0 N–H and O–H groups in total. The molecule has 0 aliphatic carbocycles. The quantitative estimate of drug-likeness (QED) is 0.279.